The molecule has 0 aromatic rings. The van der Waals surface area contributed by atoms with Gasteiger partial charge in [0, 0.05) is 19.3 Å². The first kappa shape index (κ1) is 73.6. The smallest absolute Gasteiger partial charge is 0.306 e. The van der Waals surface area contributed by atoms with Crippen LogP contribution >= 0.6 is 0 Å². The number of hydrogen-bond donors (Lipinski definition) is 0. The summed E-state index contributed by atoms with van der Waals surface area (Å²) >= 11 is 0. The summed E-state index contributed by atoms with van der Waals surface area (Å²) in [6.07, 6.45) is 80.1. The van der Waals surface area contributed by atoms with Gasteiger partial charge in [-0.05, 0) is 77.0 Å². The predicted molar refractivity (Wildman–Crippen MR) is 330 cm³/mol. The summed E-state index contributed by atoms with van der Waals surface area (Å²) in [5.41, 5.74) is 0. The Hall–Kier alpha value is -2.37. The number of unbranched alkanes of at least 4 members (excludes halogenated alkanes) is 46. The van der Waals surface area contributed by atoms with Crippen molar-refractivity contribution in [3.8, 4) is 0 Å². The lowest BCUT2D eigenvalue weighted by atomic mass is 10.0. The molecule has 0 spiro atoms. The van der Waals surface area contributed by atoms with Crippen LogP contribution in [-0.2, 0) is 28.6 Å². The fourth-order valence-corrected chi connectivity index (χ4v) is 10.2. The maximum Gasteiger partial charge on any atom is 0.306 e. The number of esters is 3. The second kappa shape index (κ2) is 65.2. The predicted octanol–water partition coefficient (Wildman–Crippen LogP) is 23.2. The Kier molecular flexibility index (Phi) is 63.1. The highest BCUT2D eigenvalue weighted by Gasteiger charge is 2.19. The summed E-state index contributed by atoms with van der Waals surface area (Å²) < 4.78 is 17.0. The molecule has 0 aliphatic carbocycles. The van der Waals surface area contributed by atoms with Crippen LogP contribution < -0.4 is 0 Å². The van der Waals surface area contributed by atoms with Crippen LogP contribution in [0.5, 0.6) is 0 Å². The van der Waals surface area contributed by atoms with Crippen molar-refractivity contribution in [1.82, 2.24) is 0 Å². The minimum Gasteiger partial charge on any atom is -0.462 e. The van der Waals surface area contributed by atoms with Gasteiger partial charge in [0.2, 0.25) is 0 Å². The number of hydrogen-bond acceptors (Lipinski definition) is 6. The van der Waals surface area contributed by atoms with Gasteiger partial charge < -0.3 is 14.2 Å². The van der Waals surface area contributed by atoms with Gasteiger partial charge in [0.25, 0.3) is 0 Å². The average molecular weight is 1070 g/mol. The molecule has 0 saturated carbocycles. The van der Waals surface area contributed by atoms with Gasteiger partial charge in [-0.3, -0.25) is 14.4 Å². The van der Waals surface area contributed by atoms with Crippen LogP contribution in [0, 0.1) is 0 Å². The minimum absolute atomic E-state index is 0.0708. The summed E-state index contributed by atoms with van der Waals surface area (Å²) in [6, 6.07) is 0. The van der Waals surface area contributed by atoms with Gasteiger partial charge in [-0.25, -0.2) is 0 Å². The van der Waals surface area contributed by atoms with Gasteiger partial charge in [0.1, 0.15) is 13.2 Å². The zero-order chi connectivity index (χ0) is 55.0. The first-order valence-corrected chi connectivity index (χ1v) is 34.0. The maximum absolute atomic E-state index is 12.9. The summed E-state index contributed by atoms with van der Waals surface area (Å²) in [4.78, 5) is 38.4. The zero-order valence-electron chi connectivity index (χ0n) is 51.3. The van der Waals surface area contributed by atoms with Crippen molar-refractivity contribution < 1.29 is 28.6 Å². The largest absolute Gasteiger partial charge is 0.462 e. The van der Waals surface area contributed by atoms with E-state index >= 15 is 0 Å². The summed E-state index contributed by atoms with van der Waals surface area (Å²) in [6.45, 7) is 6.68. The van der Waals surface area contributed by atoms with Crippen molar-refractivity contribution in [2.75, 3.05) is 13.2 Å². The number of carbonyl (C=O) groups excluding carboxylic acids is 3. The molecule has 0 aromatic carbocycles. The first-order valence-electron chi connectivity index (χ1n) is 34.0. The lowest BCUT2D eigenvalue weighted by Crippen LogP contribution is -2.30. The molecule has 6 heteroatoms. The van der Waals surface area contributed by atoms with E-state index in [1.54, 1.807) is 0 Å². The monoisotopic (exact) mass is 1070 g/mol. The number of ether oxygens (including phenoxy) is 3. The molecule has 76 heavy (non-hydrogen) atoms. The van der Waals surface area contributed by atoms with Gasteiger partial charge >= 0.3 is 17.9 Å². The van der Waals surface area contributed by atoms with E-state index < -0.39 is 6.10 Å². The normalized spacial score (nSPS) is 12.2. The highest BCUT2D eigenvalue weighted by Crippen LogP contribution is 2.18. The van der Waals surface area contributed by atoms with Gasteiger partial charge in [0.05, 0.1) is 0 Å². The molecule has 0 saturated heterocycles. The Balaban J connectivity index is 4.33. The van der Waals surface area contributed by atoms with Crippen LogP contribution in [0.3, 0.4) is 0 Å². The molecule has 0 aromatic heterocycles. The SMILES string of the molecule is CCCCCC/C=C\C/C=C\CCCCCCCCCC(=O)OCC(COC(=O)CCCCCCCCCCCCCCCCCCCCCCC)OC(=O)CCCCCCCCCCC/C=C\CCCCCCCC. The summed E-state index contributed by atoms with van der Waals surface area (Å²) in [5.74, 6) is -0.853. The van der Waals surface area contributed by atoms with Crippen molar-refractivity contribution in [2.45, 2.75) is 380 Å². The fourth-order valence-electron chi connectivity index (χ4n) is 10.2. The van der Waals surface area contributed by atoms with E-state index in [1.165, 1.54) is 263 Å². The maximum atomic E-state index is 12.9. The molecular weight excluding hydrogens is 937 g/mol. The van der Waals surface area contributed by atoms with E-state index in [2.05, 4.69) is 57.2 Å². The lowest BCUT2D eigenvalue weighted by Gasteiger charge is -2.18. The molecule has 1 atom stereocenters. The van der Waals surface area contributed by atoms with Crippen LogP contribution in [0.2, 0.25) is 0 Å². The van der Waals surface area contributed by atoms with Crippen molar-refractivity contribution >= 4 is 17.9 Å². The molecule has 0 N–H and O–H groups in total. The van der Waals surface area contributed by atoms with Gasteiger partial charge in [-0.15, -0.1) is 0 Å². The Labute approximate surface area is 474 Å². The van der Waals surface area contributed by atoms with Crippen molar-refractivity contribution in [3.05, 3.63) is 36.5 Å². The molecule has 0 amide bonds. The quantitative estimate of drug-likeness (QED) is 0.0261. The molecule has 0 bridgehead atoms. The van der Waals surface area contributed by atoms with Crippen LogP contribution in [0.25, 0.3) is 0 Å². The molecule has 446 valence electrons. The second-order valence-corrected chi connectivity index (χ2v) is 23.1. The molecular formula is C70H130O6. The van der Waals surface area contributed by atoms with Crippen molar-refractivity contribution in [1.29, 1.82) is 0 Å². The fraction of sp³-hybridized carbons (Fsp3) is 0.871. The zero-order valence-corrected chi connectivity index (χ0v) is 51.3. The van der Waals surface area contributed by atoms with E-state index in [0.717, 1.165) is 70.6 Å². The van der Waals surface area contributed by atoms with Crippen LogP contribution in [-0.4, -0.2) is 37.2 Å². The molecule has 0 rings (SSSR count). The minimum atomic E-state index is -0.775. The third-order valence-corrected chi connectivity index (χ3v) is 15.4. The molecule has 0 aliphatic rings. The Morgan fingerprint density at radius 2 is 0.474 bits per heavy atom. The number of rotatable bonds is 63. The third-order valence-electron chi connectivity index (χ3n) is 15.4. The van der Waals surface area contributed by atoms with Crippen molar-refractivity contribution in [3.63, 3.8) is 0 Å². The van der Waals surface area contributed by atoms with Gasteiger partial charge in [-0.2, -0.15) is 0 Å². The molecule has 1 unspecified atom stereocenters. The topological polar surface area (TPSA) is 78.9 Å². The van der Waals surface area contributed by atoms with Crippen LogP contribution in [0.1, 0.15) is 374 Å². The van der Waals surface area contributed by atoms with Crippen LogP contribution in [0.15, 0.2) is 36.5 Å². The third kappa shape index (κ3) is 62.5. The molecule has 0 radical (unpaired) electrons. The lowest BCUT2D eigenvalue weighted by molar-refractivity contribution is -0.167. The number of carbonyl (C=O) groups is 3. The highest BCUT2D eigenvalue weighted by molar-refractivity contribution is 5.71. The van der Waals surface area contributed by atoms with E-state index in [9.17, 15) is 14.4 Å². The molecule has 0 heterocycles. The van der Waals surface area contributed by atoms with Crippen LogP contribution in [0.4, 0.5) is 0 Å². The van der Waals surface area contributed by atoms with Gasteiger partial charge in [-0.1, -0.05) is 314 Å². The summed E-state index contributed by atoms with van der Waals surface area (Å²) in [5, 5.41) is 0. The standard InChI is InChI=1S/C70H130O6/c1-4-7-10-13-16-19-22-25-28-31-34-35-37-39-42-45-48-51-54-57-60-63-69(72)75-66-67(65-74-68(71)62-59-56-53-50-47-44-41-38-33-30-27-24-21-18-15-12-9-6-3)76-70(73)64-61-58-55-52-49-46-43-40-36-32-29-26-23-20-17-14-11-8-5-2/h21,24,26,29-30,33,67H,4-20,22-23,25,27-28,31-32,34-66H2,1-3H3/b24-21-,29-26-,33-30-. The summed E-state index contributed by atoms with van der Waals surface area (Å²) in [7, 11) is 0. The molecule has 6 nitrogen and oxygen atoms in total. The van der Waals surface area contributed by atoms with E-state index in [0.29, 0.717) is 19.3 Å². The van der Waals surface area contributed by atoms with Gasteiger partial charge in [0.15, 0.2) is 6.10 Å². The van der Waals surface area contributed by atoms with Crippen molar-refractivity contribution in [2.24, 2.45) is 0 Å². The average Bonchev–Trinajstić information content (AvgIpc) is 3.42. The highest BCUT2D eigenvalue weighted by atomic mass is 16.6. The second-order valence-electron chi connectivity index (χ2n) is 23.1. The number of allylic oxidation sites excluding steroid dienone is 6. The Bertz CT molecular complexity index is 1270. The Morgan fingerprint density at radius 1 is 0.263 bits per heavy atom. The molecule has 0 fully saturated rings. The Morgan fingerprint density at radius 3 is 0.750 bits per heavy atom. The van der Waals surface area contributed by atoms with E-state index in [4.69, 9.17) is 14.2 Å². The first-order chi connectivity index (χ1) is 37.5. The van der Waals surface area contributed by atoms with E-state index in [-0.39, 0.29) is 31.1 Å². The van der Waals surface area contributed by atoms with E-state index in [1.807, 2.05) is 0 Å². The molecule has 0 aliphatic heterocycles.